The third-order valence-corrected chi connectivity index (χ3v) is 2.87. The number of ether oxygens (including phenoxy) is 3. The van der Waals surface area contributed by atoms with Gasteiger partial charge in [-0.05, 0) is 31.7 Å². The van der Waals surface area contributed by atoms with Gasteiger partial charge in [0.1, 0.15) is 0 Å². The van der Waals surface area contributed by atoms with Crippen LogP contribution in [0.25, 0.3) is 0 Å². The van der Waals surface area contributed by atoms with Gasteiger partial charge in [0.2, 0.25) is 0 Å². The molecule has 2 rings (SSSR count). The van der Waals surface area contributed by atoms with E-state index in [0.717, 1.165) is 12.2 Å². The van der Waals surface area contributed by atoms with Crippen molar-refractivity contribution in [1.82, 2.24) is 0 Å². The van der Waals surface area contributed by atoms with Gasteiger partial charge < -0.3 is 19.3 Å². The average Bonchev–Trinajstić information content (AvgIpc) is 3.20. The highest BCUT2D eigenvalue weighted by Crippen LogP contribution is 2.32. The summed E-state index contributed by atoms with van der Waals surface area (Å²) in [7, 11) is 0. The first-order valence-corrected chi connectivity index (χ1v) is 6.41. The van der Waals surface area contributed by atoms with E-state index in [9.17, 15) is 5.11 Å². The Morgan fingerprint density at radius 2 is 2.11 bits per heavy atom. The number of aliphatic hydroxyl groups is 1. The summed E-state index contributed by atoms with van der Waals surface area (Å²) in [5, 5.41) is 9.29. The van der Waals surface area contributed by atoms with Crippen molar-refractivity contribution in [2.75, 3.05) is 20.0 Å². The van der Waals surface area contributed by atoms with Crippen molar-refractivity contribution < 1.29 is 19.3 Å². The lowest BCUT2D eigenvalue weighted by Crippen LogP contribution is -2.08. The molecule has 0 bridgehead atoms. The minimum atomic E-state index is -0.0706. The third-order valence-electron chi connectivity index (χ3n) is 2.87. The second kappa shape index (κ2) is 6.61. The Morgan fingerprint density at radius 1 is 1.28 bits per heavy atom. The van der Waals surface area contributed by atoms with E-state index in [1.807, 2.05) is 25.1 Å². The molecule has 1 aromatic rings. The molecule has 0 heterocycles. The molecule has 0 aromatic heterocycles. The van der Waals surface area contributed by atoms with E-state index in [4.69, 9.17) is 14.2 Å². The Kier molecular flexibility index (Phi) is 4.84. The monoisotopic (exact) mass is 252 g/mol. The molecule has 1 aromatic carbocycles. The fraction of sp³-hybridized carbons (Fsp3) is 0.571. The van der Waals surface area contributed by atoms with Gasteiger partial charge in [0, 0.05) is 5.56 Å². The number of benzene rings is 1. The van der Waals surface area contributed by atoms with E-state index in [-0.39, 0.29) is 13.4 Å². The SMILES string of the molecule is CCOc1cccc(CO)c1OCOCC1CC1. The Bertz CT molecular complexity index is 374. The molecule has 18 heavy (non-hydrogen) atoms. The topological polar surface area (TPSA) is 47.9 Å². The van der Waals surface area contributed by atoms with E-state index in [1.165, 1.54) is 12.8 Å². The van der Waals surface area contributed by atoms with E-state index in [0.29, 0.717) is 24.0 Å². The van der Waals surface area contributed by atoms with Crippen LogP contribution < -0.4 is 9.47 Å². The lowest BCUT2D eigenvalue weighted by atomic mass is 10.2. The fourth-order valence-electron chi connectivity index (χ4n) is 1.72. The molecule has 0 saturated heterocycles. The molecule has 0 unspecified atom stereocenters. The Morgan fingerprint density at radius 3 is 2.78 bits per heavy atom. The molecule has 4 heteroatoms. The summed E-state index contributed by atoms with van der Waals surface area (Å²) < 4.78 is 16.5. The molecule has 0 radical (unpaired) electrons. The zero-order valence-corrected chi connectivity index (χ0v) is 10.7. The van der Waals surface area contributed by atoms with Crippen molar-refractivity contribution in [2.45, 2.75) is 26.4 Å². The first kappa shape index (κ1) is 13.2. The maximum atomic E-state index is 9.29. The van der Waals surface area contributed by atoms with Crippen molar-refractivity contribution in [1.29, 1.82) is 0 Å². The second-order valence-electron chi connectivity index (χ2n) is 4.41. The van der Waals surface area contributed by atoms with Gasteiger partial charge in [-0.1, -0.05) is 12.1 Å². The smallest absolute Gasteiger partial charge is 0.189 e. The predicted octanol–water partition coefficient (Wildman–Crippen LogP) is 2.34. The van der Waals surface area contributed by atoms with Crippen LogP contribution >= 0.6 is 0 Å². The zero-order valence-electron chi connectivity index (χ0n) is 10.7. The molecule has 1 saturated carbocycles. The number of rotatable bonds is 8. The van der Waals surface area contributed by atoms with Crippen LogP contribution in [0.3, 0.4) is 0 Å². The Hall–Kier alpha value is -1.26. The third kappa shape index (κ3) is 3.62. The molecule has 1 aliphatic rings. The second-order valence-corrected chi connectivity index (χ2v) is 4.41. The highest BCUT2D eigenvalue weighted by Gasteiger charge is 2.21. The molecule has 1 aliphatic carbocycles. The summed E-state index contributed by atoms with van der Waals surface area (Å²) in [5.41, 5.74) is 0.718. The average molecular weight is 252 g/mol. The van der Waals surface area contributed by atoms with Gasteiger partial charge in [-0.2, -0.15) is 0 Å². The number of para-hydroxylation sites is 1. The van der Waals surface area contributed by atoms with E-state index in [2.05, 4.69) is 0 Å². The highest BCUT2D eigenvalue weighted by atomic mass is 16.7. The largest absolute Gasteiger partial charge is 0.490 e. The summed E-state index contributed by atoms with van der Waals surface area (Å²) in [4.78, 5) is 0. The summed E-state index contributed by atoms with van der Waals surface area (Å²) >= 11 is 0. The summed E-state index contributed by atoms with van der Waals surface area (Å²) in [6.07, 6.45) is 2.52. The lowest BCUT2D eigenvalue weighted by Gasteiger charge is -2.14. The van der Waals surface area contributed by atoms with Crippen molar-refractivity contribution in [2.24, 2.45) is 5.92 Å². The molecule has 0 spiro atoms. The quantitative estimate of drug-likeness (QED) is 0.570. The van der Waals surface area contributed by atoms with Crippen LogP contribution in [-0.4, -0.2) is 25.1 Å². The molecule has 100 valence electrons. The van der Waals surface area contributed by atoms with Crippen molar-refractivity contribution in [3.05, 3.63) is 23.8 Å². The van der Waals surface area contributed by atoms with Crippen LogP contribution in [0.15, 0.2) is 18.2 Å². The van der Waals surface area contributed by atoms with Gasteiger partial charge in [-0.15, -0.1) is 0 Å². The van der Waals surface area contributed by atoms with Crippen LogP contribution in [-0.2, 0) is 11.3 Å². The minimum Gasteiger partial charge on any atom is -0.490 e. The summed E-state index contributed by atoms with van der Waals surface area (Å²) in [6, 6.07) is 5.49. The Balaban J connectivity index is 1.93. The van der Waals surface area contributed by atoms with Crippen LogP contribution in [0.4, 0.5) is 0 Å². The highest BCUT2D eigenvalue weighted by molar-refractivity contribution is 5.46. The first-order valence-electron chi connectivity index (χ1n) is 6.41. The molecular weight excluding hydrogens is 232 g/mol. The van der Waals surface area contributed by atoms with Gasteiger partial charge in [0.25, 0.3) is 0 Å². The molecule has 0 amide bonds. The van der Waals surface area contributed by atoms with Gasteiger partial charge in [0.15, 0.2) is 18.3 Å². The van der Waals surface area contributed by atoms with Crippen molar-refractivity contribution >= 4 is 0 Å². The number of aliphatic hydroxyl groups excluding tert-OH is 1. The normalized spacial score (nSPS) is 14.6. The lowest BCUT2D eigenvalue weighted by molar-refractivity contribution is 0.00728. The molecule has 0 aliphatic heterocycles. The standard InChI is InChI=1S/C14H20O4/c1-2-17-13-5-3-4-12(8-15)14(13)18-10-16-9-11-6-7-11/h3-5,11,15H,2,6-10H2,1H3. The van der Waals surface area contributed by atoms with E-state index in [1.54, 1.807) is 0 Å². The predicted molar refractivity (Wildman–Crippen MR) is 67.7 cm³/mol. The summed E-state index contributed by atoms with van der Waals surface area (Å²) in [6.45, 7) is 3.37. The first-order chi connectivity index (χ1) is 8.85. The number of hydrogen-bond donors (Lipinski definition) is 1. The van der Waals surface area contributed by atoms with Gasteiger partial charge in [-0.25, -0.2) is 0 Å². The molecular formula is C14H20O4. The van der Waals surface area contributed by atoms with Crippen LogP contribution in [0.2, 0.25) is 0 Å². The van der Waals surface area contributed by atoms with Crippen LogP contribution in [0.5, 0.6) is 11.5 Å². The minimum absolute atomic E-state index is 0.0706. The summed E-state index contributed by atoms with van der Waals surface area (Å²) in [5.74, 6) is 1.95. The van der Waals surface area contributed by atoms with Crippen molar-refractivity contribution in [3.8, 4) is 11.5 Å². The van der Waals surface area contributed by atoms with E-state index >= 15 is 0 Å². The van der Waals surface area contributed by atoms with Crippen LogP contribution in [0, 0.1) is 5.92 Å². The Labute approximate surface area is 107 Å². The maximum Gasteiger partial charge on any atom is 0.189 e. The molecule has 4 nitrogen and oxygen atoms in total. The van der Waals surface area contributed by atoms with Gasteiger partial charge in [0.05, 0.1) is 19.8 Å². The van der Waals surface area contributed by atoms with Gasteiger partial charge >= 0.3 is 0 Å². The van der Waals surface area contributed by atoms with Crippen LogP contribution in [0.1, 0.15) is 25.3 Å². The maximum absolute atomic E-state index is 9.29. The van der Waals surface area contributed by atoms with Gasteiger partial charge in [-0.3, -0.25) is 0 Å². The van der Waals surface area contributed by atoms with Crippen molar-refractivity contribution in [3.63, 3.8) is 0 Å². The zero-order chi connectivity index (χ0) is 12.8. The number of hydrogen-bond acceptors (Lipinski definition) is 4. The molecule has 0 atom stereocenters. The van der Waals surface area contributed by atoms with E-state index < -0.39 is 0 Å². The fourth-order valence-corrected chi connectivity index (χ4v) is 1.72. The molecule has 1 N–H and O–H groups in total. The molecule has 1 fully saturated rings.